The summed E-state index contributed by atoms with van der Waals surface area (Å²) in [6.45, 7) is 2.56. The van der Waals surface area contributed by atoms with Crippen LogP contribution in [0.4, 0.5) is 24.0 Å². The summed E-state index contributed by atoms with van der Waals surface area (Å²) < 4.78 is 26.9. The van der Waals surface area contributed by atoms with Crippen LogP contribution in [0, 0.1) is 5.92 Å². The predicted octanol–water partition coefficient (Wildman–Crippen LogP) is 3.00. The SMILES string of the molecule is CC(C)C[C@@H]1NC(=O)[C@@H](Cc2ccccc2)NC(=O)[C@H](CCNC(=O)OCc2ccccc2)NC(=O)[C@@H](NC(=O)[C@H](CCNC(=O)OCc2ccccc2)NC(=O)[C@@H](NC(=O)OCc2ccccc2)[C@@H](C)O)CCNC(=O)[C@H]([C@@H](C)O)NC(=O)[C@H](CCNC(=O)OCc2ccccc2)NC(=O)[C@H](CCNC(=O)OCc2ccccc2)NC1=O. The summed E-state index contributed by atoms with van der Waals surface area (Å²) in [7, 11) is 0. The molecule has 1 heterocycles. The fourth-order valence-corrected chi connectivity index (χ4v) is 11.8. The van der Waals surface area contributed by atoms with Gasteiger partial charge in [0.1, 0.15) is 87.4 Å². The van der Waals surface area contributed by atoms with Crippen molar-refractivity contribution in [3.8, 4) is 0 Å². The number of aliphatic hydroxyl groups is 2. The molecule has 118 heavy (non-hydrogen) atoms. The molecule has 14 amide bonds. The van der Waals surface area contributed by atoms with Crippen molar-refractivity contribution in [2.75, 3.05) is 32.7 Å². The van der Waals surface area contributed by atoms with Crippen LogP contribution in [0.2, 0.25) is 0 Å². The van der Waals surface area contributed by atoms with Crippen molar-refractivity contribution < 1.29 is 101 Å². The Hall–Kier alpha value is -13.2. The first-order chi connectivity index (χ1) is 56.8. The number of carbonyl (C=O) groups is 14. The molecule has 1 fully saturated rings. The summed E-state index contributed by atoms with van der Waals surface area (Å²) in [5.74, 6) is -10.4. The van der Waals surface area contributed by atoms with E-state index >= 15 is 24.0 Å². The van der Waals surface area contributed by atoms with Crippen molar-refractivity contribution >= 4 is 83.6 Å². The van der Waals surface area contributed by atoms with Gasteiger partial charge in [-0.15, -0.1) is 0 Å². The van der Waals surface area contributed by atoms with E-state index in [9.17, 15) is 53.4 Å². The Bertz CT molecular complexity index is 4240. The zero-order chi connectivity index (χ0) is 85.1. The lowest BCUT2D eigenvalue weighted by Crippen LogP contribution is -2.61. The second-order valence-corrected chi connectivity index (χ2v) is 28.1. The molecular formula is C83H104N14O21. The van der Waals surface area contributed by atoms with Crippen molar-refractivity contribution in [3.05, 3.63) is 215 Å². The summed E-state index contributed by atoms with van der Waals surface area (Å²) in [5.41, 5.74) is 3.57. The first-order valence-electron chi connectivity index (χ1n) is 38.6. The molecule has 0 bridgehead atoms. The fraction of sp³-hybridized carbons (Fsp3) is 0.398. The number of benzene rings is 6. The van der Waals surface area contributed by atoms with Crippen LogP contribution in [-0.4, -0.2) is 193 Å². The summed E-state index contributed by atoms with van der Waals surface area (Å²) in [6.07, 6.45) is -11.3. The molecule has 0 saturated carbocycles. The van der Waals surface area contributed by atoms with Crippen LogP contribution >= 0.6 is 0 Å². The van der Waals surface area contributed by atoms with Crippen molar-refractivity contribution in [2.45, 2.75) is 172 Å². The van der Waals surface area contributed by atoms with Gasteiger partial charge in [-0.1, -0.05) is 196 Å². The third kappa shape index (κ3) is 33.7. The van der Waals surface area contributed by atoms with Crippen LogP contribution in [0.5, 0.6) is 0 Å². The number of hydrogen-bond acceptors (Lipinski definition) is 21. The summed E-state index contributed by atoms with van der Waals surface area (Å²) in [5, 5.41) is 57.8. The van der Waals surface area contributed by atoms with Gasteiger partial charge >= 0.3 is 30.5 Å². The lowest BCUT2D eigenvalue weighted by atomic mass is 10.00. The Morgan fingerprint density at radius 2 is 0.712 bits per heavy atom. The van der Waals surface area contributed by atoms with E-state index in [1.54, 1.807) is 196 Å². The average Bonchev–Trinajstić information content (AvgIpc) is 1.84. The number of alkyl carbamates (subject to hydrolysis) is 5. The summed E-state index contributed by atoms with van der Waals surface area (Å²) >= 11 is 0. The standard InChI is InChI=1S/C83H104N14O21/c1-52(2)45-66-75(105)92-62(36-41-85-79(109)114-47-56-25-13-6-14-26-56)71(101)91-65(39-44-88-82(112)117-50-59-31-19-9-20-32-59)74(104)96-68(53(3)98)77(107)84-40-35-61(70(100)90-63(37-42-86-80(110)115-48-57-27-15-7-16-28-57)73(103)95-67(76(106)94-66)46-55-23-11-5-12-24-55)89-72(102)64(38-43-87-81(111)116-49-58-29-17-8-18-30-58)93-78(108)69(54(4)99)97-83(113)118-51-60-33-21-10-22-34-60/h5-34,52-54,61-69,98-99H,35-51H2,1-4H3,(H,84,107)(H,85,109)(H,86,110)(H,87,111)(H,88,112)(H,89,102)(H,90,100)(H,91,101)(H,92,105)(H,93,108)(H,94,106)(H,95,103)(H,96,104)(H,97,113)/t53-,54-,61+,62+,63+,64+,65+,66+,67-,68+,69+/m1/s1. The van der Waals surface area contributed by atoms with E-state index in [0.717, 1.165) is 13.8 Å². The maximum absolute atomic E-state index is 15.4. The fourth-order valence-electron chi connectivity index (χ4n) is 11.8. The molecule has 0 aliphatic carbocycles. The molecule has 0 unspecified atom stereocenters. The Morgan fingerprint density at radius 1 is 0.381 bits per heavy atom. The zero-order valence-electron chi connectivity index (χ0n) is 65.9. The van der Waals surface area contributed by atoms with Crippen LogP contribution in [0.1, 0.15) is 99.6 Å². The molecule has 632 valence electrons. The lowest BCUT2D eigenvalue weighted by molar-refractivity contribution is -0.136. The molecule has 35 nitrogen and oxygen atoms in total. The second kappa shape index (κ2) is 49.6. The largest absolute Gasteiger partial charge is 0.445 e. The number of hydrogen-bond donors (Lipinski definition) is 16. The molecule has 6 aromatic rings. The third-order valence-corrected chi connectivity index (χ3v) is 18.1. The molecule has 0 spiro atoms. The number of aliphatic hydroxyl groups excluding tert-OH is 2. The highest BCUT2D eigenvalue weighted by atomic mass is 16.6. The molecular weight excluding hydrogens is 1530 g/mol. The molecule has 6 aromatic carbocycles. The maximum Gasteiger partial charge on any atom is 0.408 e. The van der Waals surface area contributed by atoms with E-state index < -0.39 is 208 Å². The normalized spacial score (nSPS) is 18.7. The van der Waals surface area contributed by atoms with Gasteiger partial charge in [0.15, 0.2) is 0 Å². The third-order valence-electron chi connectivity index (χ3n) is 18.1. The Morgan fingerprint density at radius 3 is 1.09 bits per heavy atom. The molecule has 11 atom stereocenters. The van der Waals surface area contributed by atoms with Crippen LogP contribution in [0.25, 0.3) is 0 Å². The second-order valence-electron chi connectivity index (χ2n) is 28.1. The van der Waals surface area contributed by atoms with Crippen molar-refractivity contribution in [3.63, 3.8) is 0 Å². The van der Waals surface area contributed by atoms with E-state index in [0.29, 0.717) is 33.4 Å². The monoisotopic (exact) mass is 1630 g/mol. The van der Waals surface area contributed by atoms with Crippen LogP contribution < -0.4 is 74.4 Å². The van der Waals surface area contributed by atoms with Crippen molar-refractivity contribution in [2.24, 2.45) is 5.92 Å². The van der Waals surface area contributed by atoms with Crippen LogP contribution in [-0.2, 0) is 106 Å². The van der Waals surface area contributed by atoms with Gasteiger partial charge in [0.05, 0.1) is 12.2 Å². The van der Waals surface area contributed by atoms with E-state index in [-0.39, 0.29) is 58.3 Å². The number of rotatable bonds is 33. The number of amides is 14. The summed E-state index contributed by atoms with van der Waals surface area (Å²) in [4.78, 5) is 201. The molecule has 0 aromatic heterocycles. The van der Waals surface area contributed by atoms with Crippen LogP contribution in [0.3, 0.4) is 0 Å². The van der Waals surface area contributed by atoms with Gasteiger partial charge in [0.25, 0.3) is 0 Å². The smallest absolute Gasteiger partial charge is 0.408 e. The van der Waals surface area contributed by atoms with Gasteiger partial charge in [0, 0.05) is 39.1 Å². The van der Waals surface area contributed by atoms with Crippen LogP contribution in [0.15, 0.2) is 182 Å². The van der Waals surface area contributed by atoms with Gasteiger partial charge in [-0.3, -0.25) is 43.2 Å². The average molecular weight is 1630 g/mol. The maximum atomic E-state index is 15.4. The van der Waals surface area contributed by atoms with Gasteiger partial charge in [-0.2, -0.15) is 0 Å². The predicted molar refractivity (Wildman–Crippen MR) is 427 cm³/mol. The van der Waals surface area contributed by atoms with Gasteiger partial charge < -0.3 is 108 Å². The quantitative estimate of drug-likeness (QED) is 0.0263. The Balaban J connectivity index is 1.27. The van der Waals surface area contributed by atoms with Crippen molar-refractivity contribution in [1.82, 2.24) is 74.4 Å². The number of carbonyl (C=O) groups excluding carboxylic acids is 14. The molecule has 1 aliphatic heterocycles. The first kappa shape index (κ1) is 92.0. The minimum atomic E-state index is -1.91. The minimum absolute atomic E-state index is 0.121. The summed E-state index contributed by atoms with van der Waals surface area (Å²) in [6, 6.07) is 35.5. The van der Waals surface area contributed by atoms with Gasteiger partial charge in [-0.05, 0) is 91.7 Å². The minimum Gasteiger partial charge on any atom is -0.445 e. The zero-order valence-corrected chi connectivity index (χ0v) is 65.9. The molecule has 1 aliphatic rings. The molecule has 0 radical (unpaired) electrons. The van der Waals surface area contributed by atoms with E-state index in [4.69, 9.17) is 23.7 Å². The highest BCUT2D eigenvalue weighted by Gasteiger charge is 2.38. The van der Waals surface area contributed by atoms with Crippen molar-refractivity contribution in [1.29, 1.82) is 0 Å². The number of nitrogens with one attached hydrogen (secondary N) is 14. The van der Waals surface area contributed by atoms with E-state index in [1.165, 1.54) is 0 Å². The first-order valence-corrected chi connectivity index (χ1v) is 38.6. The van der Waals surface area contributed by atoms with Gasteiger partial charge in [-0.25, -0.2) is 24.0 Å². The Kier molecular flexibility index (Phi) is 38.6. The number of ether oxygens (including phenoxy) is 5. The van der Waals surface area contributed by atoms with E-state index in [1.807, 2.05) is 0 Å². The highest BCUT2D eigenvalue weighted by Crippen LogP contribution is 2.14. The molecule has 7 rings (SSSR count). The van der Waals surface area contributed by atoms with Gasteiger partial charge in [0.2, 0.25) is 53.2 Å². The molecule has 1 saturated heterocycles. The highest BCUT2D eigenvalue weighted by molar-refractivity contribution is 5.99. The van der Waals surface area contributed by atoms with E-state index in [2.05, 4.69) is 74.4 Å². The molecule has 16 N–H and O–H groups in total. The lowest BCUT2D eigenvalue weighted by Gasteiger charge is -2.29. The molecule has 35 heteroatoms. The topological polar surface area (TPSA) is 494 Å². The Labute approximate surface area is 682 Å².